The molecule has 0 amide bonds. The van der Waals surface area contributed by atoms with Gasteiger partial charge in [-0.25, -0.2) is 18.4 Å². The molecule has 1 aliphatic rings. The van der Waals surface area contributed by atoms with Gasteiger partial charge in [0.05, 0.1) is 36.5 Å². The van der Waals surface area contributed by atoms with E-state index in [9.17, 15) is 13.7 Å². The van der Waals surface area contributed by atoms with E-state index >= 15 is 0 Å². The average Bonchev–Trinajstić information content (AvgIpc) is 3.39. The Morgan fingerprint density at radius 3 is 2.76 bits per heavy atom. The molecule has 0 N–H and O–H groups in total. The second-order valence-corrected chi connectivity index (χ2v) is 11.1. The van der Waals surface area contributed by atoms with E-state index < -0.39 is 10.0 Å². The van der Waals surface area contributed by atoms with Crippen LogP contribution in [0.2, 0.25) is 0 Å². The Bertz CT molecular complexity index is 1340. The molecule has 2 aromatic heterocycles. The van der Waals surface area contributed by atoms with Crippen LogP contribution in [0.4, 0.5) is 5.69 Å². The second-order valence-electron chi connectivity index (χ2n) is 8.13. The number of rotatable bonds is 7. The van der Waals surface area contributed by atoms with Crippen LogP contribution in [0.5, 0.6) is 0 Å². The molecular weight excluding hydrogens is 506 g/mol. The number of imidazole rings is 2. The zero-order chi connectivity index (χ0) is 23.8. The first-order chi connectivity index (χ1) is 15.7. The lowest BCUT2D eigenvalue weighted by atomic mass is 9.95. The molecule has 4 rings (SSSR count). The lowest BCUT2D eigenvalue weighted by molar-refractivity contribution is 0.329. The van der Waals surface area contributed by atoms with Crippen LogP contribution in [-0.4, -0.2) is 51.0 Å². The Morgan fingerprint density at radius 1 is 1.36 bits per heavy atom. The van der Waals surface area contributed by atoms with Crippen LogP contribution >= 0.6 is 15.9 Å². The van der Waals surface area contributed by atoms with Crippen LogP contribution in [-0.2, 0) is 37.1 Å². The van der Waals surface area contributed by atoms with E-state index in [0.717, 1.165) is 16.9 Å². The third-order valence-corrected chi connectivity index (χ3v) is 7.73. The number of hydrogen-bond donors (Lipinski definition) is 0. The van der Waals surface area contributed by atoms with Crippen molar-refractivity contribution in [3.05, 3.63) is 71.1 Å². The first-order valence-electron chi connectivity index (χ1n) is 10.3. The molecule has 0 fully saturated rings. The highest BCUT2D eigenvalue weighted by Gasteiger charge is 2.37. The van der Waals surface area contributed by atoms with Gasteiger partial charge >= 0.3 is 0 Å². The van der Waals surface area contributed by atoms with Gasteiger partial charge in [-0.2, -0.15) is 9.57 Å². The fourth-order valence-electron chi connectivity index (χ4n) is 4.09. The Hall–Kier alpha value is -2.94. The lowest BCUT2D eigenvalue weighted by Crippen LogP contribution is -2.51. The van der Waals surface area contributed by atoms with Gasteiger partial charge in [-0.3, -0.25) is 0 Å². The Morgan fingerprint density at radius 2 is 2.15 bits per heavy atom. The lowest BCUT2D eigenvalue weighted by Gasteiger charge is -2.40. The molecule has 1 atom stereocenters. The molecule has 0 bridgehead atoms. The predicted molar refractivity (Wildman–Crippen MR) is 128 cm³/mol. The van der Waals surface area contributed by atoms with Gasteiger partial charge in [0.15, 0.2) is 5.03 Å². The van der Waals surface area contributed by atoms with Gasteiger partial charge in [0.2, 0.25) is 0 Å². The number of fused-ring (bicyclic) bond motifs is 1. The summed E-state index contributed by atoms with van der Waals surface area (Å²) in [7, 11) is -0.227. The zero-order valence-electron chi connectivity index (χ0n) is 18.4. The van der Waals surface area contributed by atoms with Crippen LogP contribution < -0.4 is 4.90 Å². The zero-order valence-corrected chi connectivity index (χ0v) is 20.8. The molecule has 11 heteroatoms. The van der Waals surface area contributed by atoms with Crippen molar-refractivity contribution in [1.82, 2.24) is 23.4 Å². The number of benzene rings is 1. The first kappa shape index (κ1) is 23.2. The number of nitriles is 1. The Labute approximate surface area is 201 Å². The average molecular weight is 530 g/mol. The minimum atomic E-state index is -3.89. The van der Waals surface area contributed by atoms with Crippen molar-refractivity contribution in [1.29, 1.82) is 5.26 Å². The van der Waals surface area contributed by atoms with E-state index in [0.29, 0.717) is 29.6 Å². The summed E-state index contributed by atoms with van der Waals surface area (Å²) in [4.78, 5) is 10.4. The molecule has 0 saturated carbocycles. The monoisotopic (exact) mass is 529 g/mol. The maximum absolute atomic E-state index is 13.6. The number of anilines is 1. The number of aryl methyl sites for hydroxylation is 2. The van der Waals surface area contributed by atoms with Gasteiger partial charge in [-0.05, 0) is 30.2 Å². The smallest absolute Gasteiger partial charge is 0.262 e. The highest BCUT2D eigenvalue weighted by molar-refractivity contribution is 9.11. The summed E-state index contributed by atoms with van der Waals surface area (Å²) in [5, 5.41) is 9.41. The molecule has 1 unspecified atom stereocenters. The molecule has 1 aliphatic heterocycles. The van der Waals surface area contributed by atoms with Crippen molar-refractivity contribution < 1.29 is 8.42 Å². The third kappa shape index (κ3) is 4.73. The van der Waals surface area contributed by atoms with Crippen molar-refractivity contribution in [2.45, 2.75) is 24.0 Å². The normalized spacial score (nSPS) is 16.0. The molecule has 0 spiro atoms. The van der Waals surface area contributed by atoms with Gasteiger partial charge in [0.1, 0.15) is 0 Å². The highest BCUT2D eigenvalue weighted by Crippen LogP contribution is 2.33. The van der Waals surface area contributed by atoms with Crippen molar-refractivity contribution in [2.24, 2.45) is 14.1 Å². The van der Waals surface area contributed by atoms with Gasteiger partial charge in [-0.15, -0.1) is 0 Å². The van der Waals surface area contributed by atoms with Gasteiger partial charge in [0.25, 0.3) is 10.0 Å². The van der Waals surface area contributed by atoms with E-state index in [1.54, 1.807) is 30.2 Å². The molecule has 9 nitrogen and oxygen atoms in total. The molecule has 0 radical (unpaired) electrons. The Kier molecular flexibility index (Phi) is 6.43. The maximum atomic E-state index is 13.6. The van der Waals surface area contributed by atoms with Crippen LogP contribution in [0.25, 0.3) is 0 Å². The van der Waals surface area contributed by atoms with Gasteiger partial charge in [-0.1, -0.05) is 22.5 Å². The number of nitrogens with zero attached hydrogens (tertiary/aromatic N) is 7. The van der Waals surface area contributed by atoms with Crippen molar-refractivity contribution in [3.8, 4) is 6.07 Å². The summed E-state index contributed by atoms with van der Waals surface area (Å²) in [6, 6.07) is 7.36. The van der Waals surface area contributed by atoms with E-state index in [-0.39, 0.29) is 17.6 Å². The van der Waals surface area contributed by atoms with E-state index in [1.807, 2.05) is 23.7 Å². The molecular formula is C22H24BrN7O2S. The standard InChI is InChI=1S/C22H24BrN7O2S/c1-16(23)10-30(33(31,32)22-13-27(2)15-26-22)19-7-18-6-17(8-24)4-5-21(18)29(11-19)12-20-9-25-14-28(20)3/h4-6,9,13-15,19H,1,7,10-12H2,2-3H3. The largest absolute Gasteiger partial charge is 0.364 e. The summed E-state index contributed by atoms with van der Waals surface area (Å²) in [5.41, 5.74) is 3.45. The number of sulfonamides is 1. The summed E-state index contributed by atoms with van der Waals surface area (Å²) in [6.07, 6.45) is 6.98. The molecule has 0 saturated heterocycles. The van der Waals surface area contributed by atoms with Gasteiger partial charge in [0, 0.05) is 55.8 Å². The van der Waals surface area contributed by atoms with Crippen LogP contribution in [0.3, 0.4) is 0 Å². The van der Waals surface area contributed by atoms with Gasteiger partial charge < -0.3 is 14.0 Å². The van der Waals surface area contributed by atoms with Crippen LogP contribution in [0, 0.1) is 11.3 Å². The maximum Gasteiger partial charge on any atom is 0.262 e. The summed E-state index contributed by atoms with van der Waals surface area (Å²) < 4.78 is 32.7. The molecule has 3 aromatic rings. The number of hydrogen-bond acceptors (Lipinski definition) is 6. The van der Waals surface area contributed by atoms with E-state index in [4.69, 9.17) is 0 Å². The second kappa shape index (κ2) is 9.13. The minimum absolute atomic E-state index is 0.00601. The molecule has 0 aliphatic carbocycles. The molecule has 172 valence electrons. The molecule has 3 heterocycles. The number of halogens is 1. The minimum Gasteiger partial charge on any atom is -0.364 e. The fraction of sp³-hybridized carbons (Fsp3) is 0.318. The van der Waals surface area contributed by atoms with Crippen molar-refractivity contribution in [3.63, 3.8) is 0 Å². The van der Waals surface area contributed by atoms with E-state index in [2.05, 4.69) is 43.4 Å². The summed E-state index contributed by atoms with van der Waals surface area (Å²) in [6.45, 7) is 5.01. The highest BCUT2D eigenvalue weighted by atomic mass is 79.9. The first-order valence-corrected chi connectivity index (χ1v) is 12.5. The summed E-state index contributed by atoms with van der Waals surface area (Å²) in [5.74, 6) is 0. The summed E-state index contributed by atoms with van der Waals surface area (Å²) >= 11 is 3.35. The quantitative estimate of drug-likeness (QED) is 0.466. The Balaban J connectivity index is 1.76. The topological polar surface area (TPSA) is 100 Å². The fourth-order valence-corrected chi connectivity index (χ4v) is 6.11. The third-order valence-electron chi connectivity index (χ3n) is 5.69. The van der Waals surface area contributed by atoms with Crippen LogP contribution in [0.15, 0.2) is 59.3 Å². The van der Waals surface area contributed by atoms with E-state index in [1.165, 1.54) is 16.8 Å². The van der Waals surface area contributed by atoms with Crippen molar-refractivity contribution in [2.75, 3.05) is 18.0 Å². The molecule has 1 aromatic carbocycles. The predicted octanol–water partition coefficient (Wildman–Crippen LogP) is 2.56. The van der Waals surface area contributed by atoms with Crippen molar-refractivity contribution >= 4 is 31.6 Å². The van der Waals surface area contributed by atoms with Crippen LogP contribution in [0.1, 0.15) is 16.8 Å². The number of aromatic nitrogens is 4. The molecule has 33 heavy (non-hydrogen) atoms. The SMILES string of the molecule is C=C(Br)CN(C1Cc2cc(C#N)ccc2N(Cc2cncn2C)C1)S(=O)(=O)c1cn(C)cn1.